The Kier molecular flexibility index (Phi) is 11.4. The number of aryl methyl sites for hydroxylation is 1. The number of fused-ring (bicyclic) bond motifs is 4. The zero-order chi connectivity index (χ0) is 38.0. The smallest absolute Gasteiger partial charge is 0.410 e. The molecule has 290 valence electrons. The molecule has 5 aliphatic rings. The molecule has 5 amide bonds. The highest BCUT2D eigenvalue weighted by atomic mass is 32.2. The van der Waals surface area contributed by atoms with Crippen molar-refractivity contribution in [3.63, 3.8) is 0 Å². The molecule has 6 rings (SSSR count). The summed E-state index contributed by atoms with van der Waals surface area (Å²) >= 11 is 0. The predicted molar refractivity (Wildman–Crippen MR) is 194 cm³/mol. The Morgan fingerprint density at radius 2 is 1.74 bits per heavy atom. The van der Waals surface area contributed by atoms with Crippen LogP contribution in [0.5, 0.6) is 0 Å². The maximum absolute atomic E-state index is 14.4. The molecule has 1 saturated heterocycles. The van der Waals surface area contributed by atoms with E-state index < -0.39 is 75.0 Å². The predicted octanol–water partition coefficient (Wildman–Crippen LogP) is 3.82. The molecule has 2 fully saturated rings. The summed E-state index contributed by atoms with van der Waals surface area (Å²) in [5.41, 5.74) is 1.01. The number of hydrogen-bond acceptors (Lipinski definition) is 9. The van der Waals surface area contributed by atoms with E-state index in [1.807, 2.05) is 24.3 Å². The van der Waals surface area contributed by atoms with Crippen molar-refractivity contribution in [1.29, 1.82) is 0 Å². The standard InChI is InChI=1S/C38H53N5O9S/c1-37(2,3)31-33(45)43-23-28(20-30(43)32(44)40-38-21-27(38)17-10-5-4-8-12-19-53(49,50)41-34(38)46)52-36(48)42-22-26-16-13-15-25(29(26)24-42)14-9-6-7-11-18-51-35(47)39-31/h10,13,15-17,27-28,30-31H,4-9,11-12,14,18-24H2,1-3H3,(H,39,47)(H,40,44)(H,41,46)/b17-10-/t27-,28-,30+,31-,38-/m1/s1. The van der Waals surface area contributed by atoms with E-state index in [4.69, 9.17) is 9.47 Å². The van der Waals surface area contributed by atoms with E-state index in [-0.39, 0.29) is 31.7 Å². The van der Waals surface area contributed by atoms with Crippen LogP contribution in [-0.4, -0.2) is 90.8 Å². The van der Waals surface area contributed by atoms with Gasteiger partial charge in [0.15, 0.2) is 0 Å². The number of carbonyl (C=O) groups is 5. The van der Waals surface area contributed by atoms with Crippen LogP contribution in [-0.2, 0) is 53.4 Å². The zero-order valence-corrected chi connectivity index (χ0v) is 31.8. The summed E-state index contributed by atoms with van der Waals surface area (Å²) in [5.74, 6) is -2.73. The van der Waals surface area contributed by atoms with Gasteiger partial charge < -0.3 is 25.0 Å². The van der Waals surface area contributed by atoms with Gasteiger partial charge in [0.05, 0.1) is 18.9 Å². The first kappa shape index (κ1) is 38.6. The molecule has 15 heteroatoms. The Morgan fingerprint density at radius 1 is 0.981 bits per heavy atom. The maximum atomic E-state index is 14.4. The molecule has 1 saturated carbocycles. The van der Waals surface area contributed by atoms with Gasteiger partial charge in [-0.25, -0.2) is 18.0 Å². The van der Waals surface area contributed by atoms with Gasteiger partial charge in [-0.1, -0.05) is 70.4 Å². The van der Waals surface area contributed by atoms with Crippen LogP contribution in [0.15, 0.2) is 30.4 Å². The Labute approximate surface area is 311 Å². The van der Waals surface area contributed by atoms with Gasteiger partial charge in [-0.15, -0.1) is 0 Å². The minimum atomic E-state index is -3.94. The van der Waals surface area contributed by atoms with Crippen molar-refractivity contribution in [3.05, 3.63) is 47.0 Å². The van der Waals surface area contributed by atoms with Crippen LogP contribution in [0.2, 0.25) is 0 Å². The number of amides is 5. The Bertz CT molecular complexity index is 1740. The van der Waals surface area contributed by atoms with Crippen LogP contribution in [0, 0.1) is 11.3 Å². The summed E-state index contributed by atoms with van der Waals surface area (Å²) in [5, 5.41) is 5.54. The molecule has 5 atom stereocenters. The van der Waals surface area contributed by atoms with Gasteiger partial charge in [0.2, 0.25) is 21.8 Å². The lowest BCUT2D eigenvalue weighted by Crippen LogP contribution is -2.60. The molecular weight excluding hydrogens is 703 g/mol. The average Bonchev–Trinajstić information content (AvgIpc) is 3.38. The Morgan fingerprint density at radius 3 is 2.53 bits per heavy atom. The molecular formula is C38H53N5O9S. The first-order valence-electron chi connectivity index (χ1n) is 19.0. The molecule has 3 N–H and O–H groups in total. The number of nitrogens with zero attached hydrogens (tertiary/aromatic N) is 2. The summed E-state index contributed by atoms with van der Waals surface area (Å²) in [6, 6.07) is 3.79. The minimum Gasteiger partial charge on any atom is -0.450 e. The average molecular weight is 756 g/mol. The number of rotatable bonds is 2. The van der Waals surface area contributed by atoms with E-state index in [0.717, 1.165) is 43.2 Å². The second-order valence-electron chi connectivity index (χ2n) is 16.2. The molecule has 14 nitrogen and oxygen atoms in total. The summed E-state index contributed by atoms with van der Waals surface area (Å²) in [6.07, 6.45) is 8.61. The Hall–Kier alpha value is -4.14. The van der Waals surface area contributed by atoms with Gasteiger partial charge in [0.1, 0.15) is 23.7 Å². The molecule has 1 aromatic carbocycles. The van der Waals surface area contributed by atoms with Gasteiger partial charge in [-0.2, -0.15) is 0 Å². The summed E-state index contributed by atoms with van der Waals surface area (Å²) < 4.78 is 39.2. The molecule has 0 radical (unpaired) electrons. The van der Waals surface area contributed by atoms with Gasteiger partial charge in [0, 0.05) is 25.4 Å². The molecule has 4 bridgehead atoms. The van der Waals surface area contributed by atoms with E-state index in [9.17, 15) is 32.4 Å². The maximum Gasteiger partial charge on any atom is 0.410 e. The monoisotopic (exact) mass is 755 g/mol. The number of nitrogens with one attached hydrogen (secondary N) is 3. The number of ether oxygens (including phenoxy) is 2. The van der Waals surface area contributed by atoms with Crippen molar-refractivity contribution < 1.29 is 41.9 Å². The third-order valence-electron chi connectivity index (χ3n) is 11.1. The molecule has 0 spiro atoms. The molecule has 4 heterocycles. The van der Waals surface area contributed by atoms with Crippen molar-refractivity contribution in [3.8, 4) is 0 Å². The molecule has 53 heavy (non-hydrogen) atoms. The van der Waals surface area contributed by atoms with E-state index in [2.05, 4.69) is 21.4 Å². The van der Waals surface area contributed by atoms with Gasteiger partial charge in [-0.05, 0) is 67.1 Å². The first-order valence-corrected chi connectivity index (χ1v) is 20.6. The lowest BCUT2D eigenvalue weighted by atomic mass is 9.85. The fraction of sp³-hybridized carbons (Fsp3) is 0.658. The Balaban J connectivity index is 1.27. The number of benzene rings is 1. The number of alkyl carbamates (subject to hydrolysis) is 1. The van der Waals surface area contributed by atoms with E-state index >= 15 is 0 Å². The molecule has 1 aliphatic carbocycles. The SMILES string of the molecule is CC(C)(C)[C@@H]1NC(=O)OCCCCCCc2cccc3c2CN(C3)C(=O)O[C@@H]2C[C@@H](C(=O)N[C@]34C[C@H]3/C=C\CCCCCS(=O)(=O)NC4=O)N(C2)C1=O. The van der Waals surface area contributed by atoms with Gasteiger partial charge in [0.25, 0.3) is 5.91 Å². The highest BCUT2D eigenvalue weighted by Gasteiger charge is 2.61. The lowest BCUT2D eigenvalue weighted by Gasteiger charge is -2.35. The van der Waals surface area contributed by atoms with Crippen LogP contribution in [0.3, 0.4) is 0 Å². The number of allylic oxidation sites excluding steroid dienone is 1. The van der Waals surface area contributed by atoms with Gasteiger partial charge >= 0.3 is 12.2 Å². The number of carbonyl (C=O) groups excluding carboxylic acids is 5. The summed E-state index contributed by atoms with van der Waals surface area (Å²) in [4.78, 5) is 71.9. The van der Waals surface area contributed by atoms with E-state index in [0.29, 0.717) is 38.8 Å². The normalized spacial score (nSPS) is 30.6. The van der Waals surface area contributed by atoms with Crippen molar-refractivity contribution in [2.45, 2.75) is 128 Å². The van der Waals surface area contributed by atoms with E-state index in [1.165, 1.54) is 10.5 Å². The van der Waals surface area contributed by atoms with Crippen LogP contribution in [0.1, 0.15) is 102 Å². The highest BCUT2D eigenvalue weighted by Crippen LogP contribution is 2.46. The summed E-state index contributed by atoms with van der Waals surface area (Å²) in [6.45, 7) is 6.19. The van der Waals surface area contributed by atoms with Crippen LogP contribution < -0.4 is 15.4 Å². The van der Waals surface area contributed by atoms with Gasteiger partial charge in [-0.3, -0.25) is 24.0 Å². The summed E-state index contributed by atoms with van der Waals surface area (Å²) in [7, 11) is -3.94. The van der Waals surface area contributed by atoms with Crippen LogP contribution in [0.4, 0.5) is 9.59 Å². The van der Waals surface area contributed by atoms with Crippen molar-refractivity contribution in [1.82, 2.24) is 25.2 Å². The number of cyclic esters (lactones) is 1. The molecule has 0 unspecified atom stereocenters. The largest absolute Gasteiger partial charge is 0.450 e. The van der Waals surface area contributed by atoms with E-state index in [1.54, 1.807) is 25.7 Å². The minimum absolute atomic E-state index is 0.0623. The van der Waals surface area contributed by atoms with Crippen molar-refractivity contribution in [2.75, 3.05) is 18.9 Å². The topological polar surface area (TPSA) is 181 Å². The second-order valence-corrected chi connectivity index (χ2v) is 18.0. The third-order valence-corrected chi connectivity index (χ3v) is 12.4. The molecule has 0 aromatic heterocycles. The third kappa shape index (κ3) is 8.98. The second kappa shape index (κ2) is 15.7. The molecule has 4 aliphatic heterocycles. The fourth-order valence-electron chi connectivity index (χ4n) is 7.92. The highest BCUT2D eigenvalue weighted by molar-refractivity contribution is 7.90. The van der Waals surface area contributed by atoms with Crippen LogP contribution >= 0.6 is 0 Å². The first-order chi connectivity index (χ1) is 25.2. The van der Waals surface area contributed by atoms with Crippen molar-refractivity contribution in [2.24, 2.45) is 11.3 Å². The van der Waals surface area contributed by atoms with Crippen molar-refractivity contribution >= 4 is 39.9 Å². The number of sulfonamides is 1. The lowest BCUT2D eigenvalue weighted by molar-refractivity contribution is -0.142. The zero-order valence-electron chi connectivity index (χ0n) is 31.0. The van der Waals surface area contributed by atoms with Crippen LogP contribution in [0.25, 0.3) is 0 Å². The number of hydrogen-bond donors (Lipinski definition) is 3. The fourth-order valence-corrected chi connectivity index (χ4v) is 9.07. The molecule has 1 aromatic rings. The quantitative estimate of drug-likeness (QED) is 0.379.